The summed E-state index contributed by atoms with van der Waals surface area (Å²) in [4.78, 5) is 23.8. The molecule has 1 N–H and O–H groups in total. The molecule has 0 aromatic heterocycles. The van der Waals surface area contributed by atoms with Crippen molar-refractivity contribution in [3.05, 3.63) is 29.8 Å². The molecule has 0 bridgehead atoms. The van der Waals surface area contributed by atoms with E-state index in [2.05, 4.69) is 10.4 Å². The number of sulfone groups is 1. The summed E-state index contributed by atoms with van der Waals surface area (Å²) in [6.45, 7) is 1.80. The summed E-state index contributed by atoms with van der Waals surface area (Å²) in [5.74, 6) is -0.449. The van der Waals surface area contributed by atoms with Gasteiger partial charge in [0.25, 0.3) is 5.91 Å². The summed E-state index contributed by atoms with van der Waals surface area (Å²) >= 11 is 0. The van der Waals surface area contributed by atoms with Gasteiger partial charge in [-0.1, -0.05) is 12.1 Å². The van der Waals surface area contributed by atoms with Crippen LogP contribution >= 0.6 is 0 Å². The van der Waals surface area contributed by atoms with Gasteiger partial charge in [0.15, 0.2) is 9.84 Å². The third kappa shape index (κ3) is 4.16. The Bertz CT molecular complexity index is 753. The summed E-state index contributed by atoms with van der Waals surface area (Å²) in [5, 5.41) is 7.94. The van der Waals surface area contributed by atoms with Crippen molar-refractivity contribution in [1.29, 1.82) is 0 Å². The molecule has 0 saturated carbocycles. The van der Waals surface area contributed by atoms with Gasteiger partial charge < -0.3 is 5.32 Å². The van der Waals surface area contributed by atoms with Crippen molar-refractivity contribution in [3.63, 3.8) is 0 Å². The molecule has 1 aliphatic heterocycles. The quantitative estimate of drug-likeness (QED) is 0.882. The van der Waals surface area contributed by atoms with Crippen LogP contribution in [0.3, 0.4) is 0 Å². The Balaban J connectivity index is 2.07. The van der Waals surface area contributed by atoms with Crippen LogP contribution in [-0.2, 0) is 19.4 Å². The second kappa shape index (κ2) is 6.49. The number of nitrogens with zero attached hydrogens (tertiary/aromatic N) is 2. The predicted octanol–water partition coefficient (Wildman–Crippen LogP) is 0.875. The van der Waals surface area contributed by atoms with Gasteiger partial charge in [-0.2, -0.15) is 5.10 Å². The van der Waals surface area contributed by atoms with E-state index >= 15 is 0 Å². The summed E-state index contributed by atoms with van der Waals surface area (Å²) in [7, 11) is -1.72. The molecule has 1 heterocycles. The van der Waals surface area contributed by atoms with E-state index in [1.165, 1.54) is 24.2 Å². The molecule has 7 nitrogen and oxygen atoms in total. The van der Waals surface area contributed by atoms with Crippen molar-refractivity contribution in [2.45, 2.75) is 30.7 Å². The topological polar surface area (TPSA) is 95.9 Å². The van der Waals surface area contributed by atoms with Crippen LogP contribution in [0.5, 0.6) is 0 Å². The van der Waals surface area contributed by atoms with Crippen molar-refractivity contribution < 1.29 is 18.0 Å². The Morgan fingerprint density at radius 2 is 1.87 bits per heavy atom. The number of rotatable bonds is 4. The Morgan fingerprint density at radius 1 is 1.26 bits per heavy atom. The van der Waals surface area contributed by atoms with Gasteiger partial charge in [0.2, 0.25) is 5.91 Å². The van der Waals surface area contributed by atoms with Crippen molar-refractivity contribution in [2.75, 3.05) is 13.3 Å². The van der Waals surface area contributed by atoms with Crippen molar-refractivity contribution in [3.8, 4) is 0 Å². The molecule has 0 saturated heterocycles. The minimum absolute atomic E-state index is 0.119. The van der Waals surface area contributed by atoms with Crippen LogP contribution in [0.1, 0.15) is 31.4 Å². The first-order chi connectivity index (χ1) is 10.7. The Labute approximate surface area is 135 Å². The lowest BCUT2D eigenvalue weighted by Crippen LogP contribution is -2.38. The van der Waals surface area contributed by atoms with Crippen LogP contribution in [0.15, 0.2) is 34.3 Å². The fourth-order valence-electron chi connectivity index (χ4n) is 2.20. The molecule has 0 aliphatic carbocycles. The van der Waals surface area contributed by atoms with Crippen LogP contribution in [0.4, 0.5) is 0 Å². The van der Waals surface area contributed by atoms with Gasteiger partial charge >= 0.3 is 0 Å². The third-order valence-electron chi connectivity index (χ3n) is 3.63. The zero-order valence-corrected chi connectivity index (χ0v) is 14.1. The van der Waals surface area contributed by atoms with Crippen LogP contribution in [0.2, 0.25) is 0 Å². The number of amides is 2. The highest BCUT2D eigenvalue weighted by molar-refractivity contribution is 7.90. The lowest BCUT2D eigenvalue weighted by molar-refractivity contribution is -0.130. The van der Waals surface area contributed by atoms with Crippen LogP contribution in [0.25, 0.3) is 0 Å². The second-order valence-electron chi connectivity index (χ2n) is 5.50. The molecular weight excluding hydrogens is 318 g/mol. The maximum Gasteiger partial charge on any atom is 0.267 e. The highest BCUT2D eigenvalue weighted by atomic mass is 32.2. The number of carbonyl (C=O) groups is 2. The van der Waals surface area contributed by atoms with Gasteiger partial charge in [-0.25, -0.2) is 13.4 Å². The number of benzene rings is 1. The molecule has 23 heavy (non-hydrogen) atoms. The van der Waals surface area contributed by atoms with E-state index in [9.17, 15) is 18.0 Å². The van der Waals surface area contributed by atoms with Crippen molar-refractivity contribution in [2.24, 2.45) is 5.10 Å². The molecule has 2 amide bonds. The molecule has 0 unspecified atom stereocenters. The Kier molecular flexibility index (Phi) is 4.84. The summed E-state index contributed by atoms with van der Waals surface area (Å²) in [6, 6.07) is 6.05. The zero-order chi connectivity index (χ0) is 17.2. The Hall–Kier alpha value is -2.22. The molecule has 0 spiro atoms. The lowest BCUT2D eigenvalue weighted by atomic mass is 10.1. The molecule has 2 rings (SSSR count). The van der Waals surface area contributed by atoms with Gasteiger partial charge in [-0.05, 0) is 24.6 Å². The predicted molar refractivity (Wildman–Crippen MR) is 85.5 cm³/mol. The summed E-state index contributed by atoms with van der Waals surface area (Å²) < 4.78 is 22.9. The minimum atomic E-state index is -3.24. The minimum Gasteiger partial charge on any atom is -0.344 e. The van der Waals surface area contributed by atoms with E-state index in [-0.39, 0.29) is 29.2 Å². The molecule has 0 fully saturated rings. The number of nitrogens with one attached hydrogen (secondary N) is 1. The SMILES string of the molecule is C[C@@H](NC(=O)C1=NN(C)C(=O)CC1)c1ccc(S(C)(=O)=O)cc1. The first-order valence-electron chi connectivity index (χ1n) is 7.13. The van der Waals surface area contributed by atoms with Gasteiger partial charge in [0.1, 0.15) is 5.71 Å². The zero-order valence-electron chi connectivity index (χ0n) is 13.2. The van der Waals surface area contributed by atoms with Crippen LogP contribution in [-0.4, -0.2) is 44.3 Å². The normalized spacial score (nSPS) is 16.7. The van der Waals surface area contributed by atoms with E-state index in [1.807, 2.05) is 0 Å². The fourth-order valence-corrected chi connectivity index (χ4v) is 2.83. The average molecular weight is 337 g/mol. The van der Waals surface area contributed by atoms with Gasteiger partial charge in [0.05, 0.1) is 10.9 Å². The molecule has 8 heteroatoms. The number of hydrogen-bond donors (Lipinski definition) is 1. The first kappa shape index (κ1) is 17.1. The van der Waals surface area contributed by atoms with Crippen molar-refractivity contribution in [1.82, 2.24) is 10.3 Å². The van der Waals surface area contributed by atoms with Gasteiger partial charge in [-0.15, -0.1) is 0 Å². The maximum absolute atomic E-state index is 12.2. The van der Waals surface area contributed by atoms with Gasteiger partial charge in [-0.3, -0.25) is 9.59 Å². The number of carbonyl (C=O) groups excluding carboxylic acids is 2. The van der Waals surface area contributed by atoms with Gasteiger partial charge in [0, 0.05) is 26.1 Å². The smallest absolute Gasteiger partial charge is 0.267 e. The number of hydrogen-bond acceptors (Lipinski definition) is 5. The molecule has 1 aromatic carbocycles. The lowest BCUT2D eigenvalue weighted by Gasteiger charge is -2.21. The molecule has 0 radical (unpaired) electrons. The van der Waals surface area contributed by atoms with E-state index < -0.39 is 9.84 Å². The number of hydrazone groups is 1. The van der Waals surface area contributed by atoms with E-state index in [0.717, 1.165) is 11.8 Å². The standard InChI is InChI=1S/C15H19N3O4S/c1-10(11-4-6-12(7-5-11)23(3,21)22)16-15(20)13-8-9-14(19)18(2)17-13/h4-7,10H,8-9H2,1-3H3,(H,16,20)/t10-/m1/s1. The van der Waals surface area contributed by atoms with E-state index in [4.69, 9.17) is 0 Å². The largest absolute Gasteiger partial charge is 0.344 e. The molecular formula is C15H19N3O4S. The van der Waals surface area contributed by atoms with Crippen molar-refractivity contribution >= 4 is 27.4 Å². The Morgan fingerprint density at radius 3 is 2.39 bits per heavy atom. The highest BCUT2D eigenvalue weighted by Crippen LogP contribution is 2.17. The van der Waals surface area contributed by atoms with E-state index in [0.29, 0.717) is 12.1 Å². The summed E-state index contributed by atoms with van der Waals surface area (Å²) in [5.41, 5.74) is 1.10. The molecule has 1 atom stereocenters. The first-order valence-corrected chi connectivity index (χ1v) is 9.02. The maximum atomic E-state index is 12.2. The third-order valence-corrected chi connectivity index (χ3v) is 4.75. The highest BCUT2D eigenvalue weighted by Gasteiger charge is 2.23. The van der Waals surface area contributed by atoms with E-state index in [1.54, 1.807) is 19.1 Å². The molecule has 124 valence electrons. The molecule has 1 aromatic rings. The second-order valence-corrected chi connectivity index (χ2v) is 7.52. The summed E-state index contributed by atoms with van der Waals surface area (Å²) in [6.07, 6.45) is 1.72. The average Bonchev–Trinajstić information content (AvgIpc) is 2.49. The monoisotopic (exact) mass is 337 g/mol. The van der Waals surface area contributed by atoms with Crippen LogP contribution in [0, 0.1) is 0 Å². The molecule has 1 aliphatic rings. The van der Waals surface area contributed by atoms with Crippen LogP contribution < -0.4 is 5.32 Å². The fraction of sp³-hybridized carbons (Fsp3) is 0.400.